The minimum absolute atomic E-state index is 0.0338. The van der Waals surface area contributed by atoms with Gasteiger partial charge in [-0.15, -0.1) is 0 Å². The van der Waals surface area contributed by atoms with Crippen molar-refractivity contribution < 1.29 is 4.79 Å². The fraction of sp³-hybridized carbons (Fsp3) is 0.0385. The average molecular weight is 408 g/mol. The van der Waals surface area contributed by atoms with E-state index in [1.165, 1.54) is 0 Å². The third kappa shape index (κ3) is 3.95. The number of benzene rings is 4. The van der Waals surface area contributed by atoms with Crippen LogP contribution in [0.15, 0.2) is 115 Å². The van der Waals surface area contributed by atoms with E-state index in [9.17, 15) is 10.3 Å². The van der Waals surface area contributed by atoms with Crippen molar-refractivity contribution in [1.82, 2.24) is 4.54 Å². The standard InChI is InChI=1S/C26H21N2OP/c27-28-30(24-12-6-2-7-13-24,25-14-8-3-9-15-25)20-26(29)23-18-16-22(17-19-23)21-10-4-1-5-11-21/h1-19H,20H2. The van der Waals surface area contributed by atoms with Crippen molar-refractivity contribution in [2.24, 2.45) is 0 Å². The predicted molar refractivity (Wildman–Crippen MR) is 126 cm³/mol. The summed E-state index contributed by atoms with van der Waals surface area (Å²) in [6.45, 7) is 0. The minimum atomic E-state index is -2.64. The third-order valence-electron chi connectivity index (χ3n) is 5.21. The highest BCUT2D eigenvalue weighted by molar-refractivity contribution is 7.81. The molecule has 0 aliphatic rings. The van der Waals surface area contributed by atoms with Gasteiger partial charge in [0.1, 0.15) is 6.16 Å². The average Bonchev–Trinajstić information content (AvgIpc) is 2.84. The zero-order valence-corrected chi connectivity index (χ0v) is 17.3. The lowest BCUT2D eigenvalue weighted by atomic mass is 10.0. The van der Waals surface area contributed by atoms with Crippen LogP contribution in [0.5, 0.6) is 0 Å². The summed E-state index contributed by atoms with van der Waals surface area (Å²) in [6.07, 6.45) is 0.141. The molecule has 0 aliphatic heterocycles. The Labute approximate surface area is 176 Å². The Hall–Kier alpha value is -3.51. The molecule has 0 aromatic heterocycles. The zero-order chi connectivity index (χ0) is 20.8. The topological polar surface area (TPSA) is 53.5 Å². The minimum Gasteiger partial charge on any atom is -0.369 e. The second kappa shape index (κ2) is 8.88. The molecule has 30 heavy (non-hydrogen) atoms. The van der Waals surface area contributed by atoms with Crippen molar-refractivity contribution in [2.45, 2.75) is 0 Å². The highest BCUT2D eigenvalue weighted by Crippen LogP contribution is 2.43. The van der Waals surface area contributed by atoms with Crippen molar-refractivity contribution in [3.8, 4) is 11.1 Å². The van der Waals surface area contributed by atoms with Crippen LogP contribution >= 0.6 is 7.05 Å². The van der Waals surface area contributed by atoms with E-state index in [1.54, 1.807) is 0 Å². The Balaban J connectivity index is 1.70. The maximum absolute atomic E-state index is 13.3. The molecule has 3 nitrogen and oxygen atoms in total. The monoisotopic (exact) mass is 408 g/mol. The number of carbonyl (C=O) groups excluding carboxylic acids is 1. The number of hydrogen-bond acceptors (Lipinski definition) is 1. The first-order valence-corrected chi connectivity index (χ1v) is 11.7. The summed E-state index contributed by atoms with van der Waals surface area (Å²) in [5, 5.41) is 1.76. The number of ketones is 1. The van der Waals surface area contributed by atoms with Crippen LogP contribution in [0.2, 0.25) is 0 Å². The van der Waals surface area contributed by atoms with Crippen LogP contribution in [-0.4, -0.2) is 11.9 Å². The quantitative estimate of drug-likeness (QED) is 0.180. The molecule has 4 rings (SSSR count). The van der Waals surface area contributed by atoms with Crippen LogP contribution in [0.4, 0.5) is 0 Å². The van der Waals surface area contributed by atoms with E-state index in [1.807, 2.05) is 115 Å². The van der Waals surface area contributed by atoms with Crippen molar-refractivity contribution in [3.05, 3.63) is 126 Å². The first kappa shape index (κ1) is 19.8. The maximum Gasteiger partial charge on any atom is 0.275 e. The molecule has 0 spiro atoms. The smallest absolute Gasteiger partial charge is 0.275 e. The Morgan fingerprint density at radius 3 is 1.53 bits per heavy atom. The number of Topliss-reactive ketones (excluding diaryl/α,β-unsaturated/α-hetero) is 1. The molecule has 0 heterocycles. The fourth-order valence-corrected chi connectivity index (χ4v) is 6.46. The van der Waals surface area contributed by atoms with Crippen molar-refractivity contribution >= 4 is 23.4 Å². The van der Waals surface area contributed by atoms with E-state index in [0.29, 0.717) is 5.56 Å². The summed E-state index contributed by atoms with van der Waals surface area (Å²) < 4.78 is 3.88. The Bertz CT molecular complexity index is 1170. The van der Waals surface area contributed by atoms with E-state index < -0.39 is 7.05 Å². The molecule has 0 radical (unpaired) electrons. The molecule has 0 saturated carbocycles. The Morgan fingerprint density at radius 1 is 0.633 bits per heavy atom. The van der Waals surface area contributed by atoms with E-state index in [-0.39, 0.29) is 11.9 Å². The van der Waals surface area contributed by atoms with Gasteiger partial charge in [0.25, 0.3) is 7.05 Å². The molecular formula is C26H21N2OP. The van der Waals surface area contributed by atoms with Gasteiger partial charge in [-0.3, -0.25) is 4.79 Å². The Morgan fingerprint density at radius 2 is 1.07 bits per heavy atom. The lowest BCUT2D eigenvalue weighted by molar-refractivity contribution is 0.102. The molecule has 0 unspecified atom stereocenters. The van der Waals surface area contributed by atoms with Gasteiger partial charge in [0, 0.05) is 5.56 Å². The molecule has 0 amide bonds. The van der Waals surface area contributed by atoms with Crippen molar-refractivity contribution in [1.29, 1.82) is 0 Å². The Kier molecular flexibility index (Phi) is 5.86. The summed E-state index contributed by atoms with van der Waals surface area (Å²) >= 11 is 0. The molecular weight excluding hydrogens is 387 g/mol. The number of carbonyl (C=O) groups is 1. The SMILES string of the molecule is [N-]=[N+]=P(CC(=O)c1ccc(-c2ccccc2)cc1)(c1ccccc1)c1ccccc1. The van der Waals surface area contributed by atoms with Gasteiger partial charge in [0.15, 0.2) is 5.78 Å². The summed E-state index contributed by atoms with van der Waals surface area (Å²) in [6, 6.07) is 36.9. The van der Waals surface area contributed by atoms with Gasteiger partial charge >= 0.3 is 0 Å². The molecule has 0 saturated heterocycles. The van der Waals surface area contributed by atoms with Gasteiger partial charge < -0.3 is 5.53 Å². The summed E-state index contributed by atoms with van der Waals surface area (Å²) in [7, 11) is -2.64. The van der Waals surface area contributed by atoms with Gasteiger partial charge in [-0.25, -0.2) is 4.54 Å². The molecule has 0 bridgehead atoms. The van der Waals surface area contributed by atoms with E-state index in [2.05, 4.69) is 4.54 Å². The molecule has 4 aromatic carbocycles. The van der Waals surface area contributed by atoms with Gasteiger partial charge in [0.05, 0.1) is 10.6 Å². The molecule has 0 N–H and O–H groups in total. The van der Waals surface area contributed by atoms with E-state index >= 15 is 0 Å². The first-order valence-electron chi connectivity index (χ1n) is 9.77. The molecule has 0 atom stereocenters. The highest BCUT2D eigenvalue weighted by atomic mass is 31.2. The highest BCUT2D eigenvalue weighted by Gasteiger charge is 2.36. The van der Waals surface area contributed by atoms with Gasteiger partial charge in [-0.05, 0) is 35.4 Å². The maximum atomic E-state index is 13.3. The van der Waals surface area contributed by atoms with Crippen molar-refractivity contribution in [3.63, 3.8) is 0 Å². The summed E-state index contributed by atoms with van der Waals surface area (Å²) in [5.41, 5.74) is 13.0. The van der Waals surface area contributed by atoms with Crippen LogP contribution in [0.25, 0.3) is 16.7 Å². The molecule has 0 aliphatic carbocycles. The fourth-order valence-electron chi connectivity index (χ4n) is 3.59. The van der Waals surface area contributed by atoms with Gasteiger partial charge in [-0.1, -0.05) is 91.0 Å². The lowest BCUT2D eigenvalue weighted by Crippen LogP contribution is -2.24. The molecule has 146 valence electrons. The largest absolute Gasteiger partial charge is 0.369 e. The second-order valence-electron chi connectivity index (χ2n) is 7.05. The van der Waals surface area contributed by atoms with E-state index in [0.717, 1.165) is 21.7 Å². The summed E-state index contributed by atoms with van der Waals surface area (Å²) in [5.74, 6) is -0.0338. The third-order valence-corrected chi connectivity index (χ3v) is 8.56. The van der Waals surface area contributed by atoms with Crippen LogP contribution < -0.4 is 15.2 Å². The molecule has 4 heteroatoms. The normalized spacial score (nSPS) is 10.9. The van der Waals surface area contributed by atoms with Crippen LogP contribution in [0.3, 0.4) is 0 Å². The lowest BCUT2D eigenvalue weighted by Gasteiger charge is -2.15. The van der Waals surface area contributed by atoms with Gasteiger partial charge in [-0.2, -0.15) is 0 Å². The van der Waals surface area contributed by atoms with Crippen LogP contribution in [-0.2, 0) is 0 Å². The summed E-state index contributed by atoms with van der Waals surface area (Å²) in [4.78, 5) is 13.3. The molecule has 4 aromatic rings. The second-order valence-corrected chi connectivity index (χ2v) is 10.1. The first-order chi connectivity index (χ1) is 14.7. The molecule has 0 fully saturated rings. The van der Waals surface area contributed by atoms with Crippen molar-refractivity contribution in [2.75, 3.05) is 6.16 Å². The predicted octanol–water partition coefficient (Wildman–Crippen LogP) is 5.48. The van der Waals surface area contributed by atoms with Gasteiger partial charge in [0.2, 0.25) is 0 Å². The zero-order valence-electron chi connectivity index (χ0n) is 16.4. The number of hydrogen-bond donors (Lipinski definition) is 0. The van der Waals surface area contributed by atoms with Crippen LogP contribution in [0.1, 0.15) is 10.4 Å². The van der Waals surface area contributed by atoms with Crippen LogP contribution in [0, 0.1) is 0 Å². The number of rotatable bonds is 6. The number of nitrogens with zero attached hydrogens (tertiary/aromatic N) is 2. The van der Waals surface area contributed by atoms with E-state index in [4.69, 9.17) is 0 Å².